The van der Waals surface area contributed by atoms with Gasteiger partial charge in [0.15, 0.2) is 0 Å². The fraction of sp³-hybridized carbons (Fsp3) is 0.0682. The summed E-state index contributed by atoms with van der Waals surface area (Å²) < 4.78 is 2.51. The average Bonchev–Trinajstić information content (AvgIpc) is 1.50. The van der Waals surface area contributed by atoms with Crippen molar-refractivity contribution in [1.82, 2.24) is 4.57 Å². The largest absolute Gasteiger partial charge is 0.316 e. The van der Waals surface area contributed by atoms with Crippen molar-refractivity contribution in [3.8, 4) is 63.0 Å². The van der Waals surface area contributed by atoms with Gasteiger partial charge < -0.3 is 9.47 Å². The van der Waals surface area contributed by atoms with Crippen molar-refractivity contribution in [2.24, 2.45) is 0 Å². The van der Waals surface area contributed by atoms with E-state index in [1.54, 1.807) is 0 Å². The molecule has 18 rings (SSSR count). The molecule has 0 bridgehead atoms. The van der Waals surface area contributed by atoms with Gasteiger partial charge in [0.05, 0.1) is 16.7 Å². The Hall–Kier alpha value is -11.2. The molecule has 90 heavy (non-hydrogen) atoms. The molecule has 2 nitrogen and oxygen atoms in total. The van der Waals surface area contributed by atoms with E-state index in [2.05, 4.69) is 327 Å². The lowest BCUT2D eigenvalue weighted by Gasteiger charge is -2.26. The number of rotatable bonds is 5. The summed E-state index contributed by atoms with van der Waals surface area (Å²) in [4.78, 5) is 2.52. The first-order valence-electron chi connectivity index (χ1n) is 31.5. The molecular weight excluding hydrogens is 1080 g/mol. The Morgan fingerprint density at radius 3 is 1.88 bits per heavy atom. The third-order valence-electron chi connectivity index (χ3n) is 19.2. The molecule has 13 aromatic carbocycles. The van der Waals surface area contributed by atoms with E-state index in [9.17, 15) is 0 Å². The molecular formula is C88H64N2. The Bertz CT molecular complexity index is 5600. The highest BCUT2D eigenvalue weighted by molar-refractivity contribution is 6.27. The molecule has 14 aromatic rings. The SMILES string of the molecule is C#C.C/C=C\C1=C(C)N(c2ccccc2-c2ccc3ccccc3c2)/C(=c2\ccc3ccccc3\c2=C2/C=CC=CC2)C1.C1=Cc2c(c3c4ccccc4ccc3c3c2c2ccccc2n3-c2ccc(-c3ccc4c5c(cccc35)-c3ccccc3-4)cc2)CC1. The first-order chi connectivity index (χ1) is 44.6. The monoisotopic (exact) mass is 1150 g/mol. The van der Waals surface area contributed by atoms with Gasteiger partial charge in [-0.2, -0.15) is 0 Å². The van der Waals surface area contributed by atoms with Crippen molar-refractivity contribution in [2.75, 3.05) is 4.90 Å². The molecule has 0 amide bonds. The molecule has 0 unspecified atom stereocenters. The van der Waals surface area contributed by atoms with Crippen LogP contribution in [0.1, 0.15) is 44.2 Å². The molecule has 0 atom stereocenters. The van der Waals surface area contributed by atoms with Crippen LogP contribution in [0.4, 0.5) is 5.69 Å². The van der Waals surface area contributed by atoms with Gasteiger partial charge in [0, 0.05) is 50.4 Å². The minimum atomic E-state index is 0.889. The summed E-state index contributed by atoms with van der Waals surface area (Å²) in [6.07, 6.45) is 30.1. The number of hydrogen-bond donors (Lipinski definition) is 0. The highest BCUT2D eigenvalue weighted by Gasteiger charge is 2.29. The van der Waals surface area contributed by atoms with E-state index in [1.165, 1.54) is 176 Å². The lowest BCUT2D eigenvalue weighted by atomic mass is 9.86. The second-order valence-corrected chi connectivity index (χ2v) is 24.0. The third-order valence-corrected chi connectivity index (χ3v) is 19.2. The van der Waals surface area contributed by atoms with Gasteiger partial charge in [-0.15, -0.1) is 12.8 Å². The van der Waals surface area contributed by atoms with Crippen molar-refractivity contribution < 1.29 is 0 Å². The van der Waals surface area contributed by atoms with Gasteiger partial charge in [0.25, 0.3) is 0 Å². The Morgan fingerprint density at radius 1 is 0.456 bits per heavy atom. The van der Waals surface area contributed by atoms with Crippen LogP contribution in [0.3, 0.4) is 0 Å². The predicted octanol–water partition coefficient (Wildman–Crippen LogP) is 22.0. The van der Waals surface area contributed by atoms with E-state index in [0.29, 0.717) is 0 Å². The zero-order chi connectivity index (χ0) is 60.4. The molecule has 0 saturated carbocycles. The molecule has 426 valence electrons. The topological polar surface area (TPSA) is 8.17 Å². The van der Waals surface area contributed by atoms with Gasteiger partial charge in [-0.25, -0.2) is 0 Å². The third kappa shape index (κ3) is 8.72. The minimum Gasteiger partial charge on any atom is -0.316 e. The Kier molecular flexibility index (Phi) is 13.5. The number of hydrogen-bond acceptors (Lipinski definition) is 1. The number of para-hydroxylation sites is 2. The fourth-order valence-corrected chi connectivity index (χ4v) is 15.3. The summed E-state index contributed by atoms with van der Waals surface area (Å²) >= 11 is 0. The average molecular weight is 1150 g/mol. The van der Waals surface area contributed by atoms with Gasteiger partial charge in [-0.1, -0.05) is 261 Å². The lowest BCUT2D eigenvalue weighted by Crippen LogP contribution is -2.34. The maximum atomic E-state index is 4.00. The van der Waals surface area contributed by atoms with Gasteiger partial charge in [0.2, 0.25) is 0 Å². The van der Waals surface area contributed by atoms with E-state index in [1.807, 2.05) is 0 Å². The Balaban J connectivity index is 0.000000142. The zero-order valence-electron chi connectivity index (χ0n) is 50.6. The molecule has 1 aromatic heterocycles. The highest BCUT2D eigenvalue weighted by Crippen LogP contribution is 2.50. The zero-order valence-corrected chi connectivity index (χ0v) is 50.6. The van der Waals surface area contributed by atoms with Crippen LogP contribution in [0.2, 0.25) is 0 Å². The maximum Gasteiger partial charge on any atom is 0.0625 e. The number of benzene rings is 13. The second kappa shape index (κ2) is 22.5. The number of allylic oxidation sites excluding steroid dienone is 8. The molecule has 0 radical (unpaired) electrons. The molecule has 2 heterocycles. The Morgan fingerprint density at radius 2 is 1.09 bits per heavy atom. The number of fused-ring (bicyclic) bond motifs is 15. The molecule has 2 heteroatoms. The van der Waals surface area contributed by atoms with Crippen LogP contribution in [0.15, 0.2) is 296 Å². The number of aryl methyl sites for hydroxylation is 1. The van der Waals surface area contributed by atoms with Crippen LogP contribution in [-0.2, 0) is 6.42 Å². The summed E-state index contributed by atoms with van der Waals surface area (Å²) in [5, 5.41) is 18.5. The minimum absolute atomic E-state index is 0.889. The second-order valence-electron chi connectivity index (χ2n) is 24.0. The van der Waals surface area contributed by atoms with Crippen LogP contribution < -0.4 is 15.3 Å². The molecule has 0 saturated heterocycles. The molecule has 3 aliphatic carbocycles. The predicted molar refractivity (Wildman–Crippen MR) is 387 cm³/mol. The van der Waals surface area contributed by atoms with Crippen LogP contribution in [0.25, 0.3) is 143 Å². The summed E-state index contributed by atoms with van der Waals surface area (Å²) in [5.74, 6) is 0. The molecule has 1 aliphatic heterocycles. The maximum absolute atomic E-state index is 4.00. The summed E-state index contributed by atoms with van der Waals surface area (Å²) in [6, 6.07) is 89.8. The van der Waals surface area contributed by atoms with Crippen LogP contribution >= 0.6 is 0 Å². The first-order valence-corrected chi connectivity index (χ1v) is 31.5. The van der Waals surface area contributed by atoms with Gasteiger partial charge >= 0.3 is 0 Å². The van der Waals surface area contributed by atoms with Gasteiger partial charge in [0.1, 0.15) is 0 Å². The normalized spacial score (nSPS) is 15.1. The van der Waals surface area contributed by atoms with E-state index >= 15 is 0 Å². The standard InChI is InChI=1S/C46H29N.C40H33N.C2H2/c1-2-11-32-28(10-1)22-25-41-43(32)37-14-5-6-15-38(37)45-40-16-7-8-19-42(40)47(46(41)45)30-23-20-29(21-24-30)31-26-27-39-34-13-4-3-12-33(34)36-18-9-17-35(31)44(36)39;1-3-13-32-27-39(37-25-24-30-15-9-10-20-36(30)40(37)31-16-5-4-6-17-31)41(28(32)2)38-21-12-11-19-35(38)34-23-22-29-14-7-8-18-33(29)26-34;1-2/h1-4,6-13,15-27H,5,14H2;3-16,18-26H,17,27H2,1-2H3;1-2H/b;13-3-,39-37+,40-31-;. The van der Waals surface area contributed by atoms with Crippen molar-refractivity contribution >= 4 is 98.7 Å². The van der Waals surface area contributed by atoms with Gasteiger partial charge in [-0.05, 0) is 178 Å². The van der Waals surface area contributed by atoms with Crippen LogP contribution in [0.5, 0.6) is 0 Å². The van der Waals surface area contributed by atoms with E-state index < -0.39 is 0 Å². The highest BCUT2D eigenvalue weighted by atomic mass is 15.2. The Labute approximate surface area is 525 Å². The van der Waals surface area contributed by atoms with E-state index in [0.717, 1.165) is 25.7 Å². The molecule has 4 aliphatic rings. The molecule has 0 fully saturated rings. The quantitative estimate of drug-likeness (QED) is 0.123. The van der Waals surface area contributed by atoms with Crippen LogP contribution in [-0.4, -0.2) is 4.57 Å². The van der Waals surface area contributed by atoms with Crippen molar-refractivity contribution in [3.63, 3.8) is 0 Å². The smallest absolute Gasteiger partial charge is 0.0625 e. The number of terminal acetylenes is 1. The summed E-state index contributed by atoms with van der Waals surface area (Å²) in [7, 11) is 0. The summed E-state index contributed by atoms with van der Waals surface area (Å²) in [6.45, 7) is 4.39. The number of aromatic nitrogens is 1. The molecule has 0 N–H and O–H groups in total. The van der Waals surface area contributed by atoms with E-state index in [-0.39, 0.29) is 0 Å². The van der Waals surface area contributed by atoms with Gasteiger partial charge in [-0.3, -0.25) is 0 Å². The summed E-state index contributed by atoms with van der Waals surface area (Å²) in [5.41, 5.74) is 23.5. The van der Waals surface area contributed by atoms with Crippen LogP contribution in [0, 0.1) is 12.8 Å². The van der Waals surface area contributed by atoms with E-state index in [4.69, 9.17) is 0 Å². The number of anilines is 1. The van der Waals surface area contributed by atoms with Crippen molar-refractivity contribution in [1.29, 1.82) is 0 Å². The fourth-order valence-electron chi connectivity index (χ4n) is 15.3. The lowest BCUT2D eigenvalue weighted by molar-refractivity contribution is 1.00. The molecule has 0 spiro atoms. The number of nitrogens with zero attached hydrogens (tertiary/aromatic N) is 2. The van der Waals surface area contributed by atoms with Crippen molar-refractivity contribution in [2.45, 2.75) is 39.5 Å². The van der Waals surface area contributed by atoms with Crippen molar-refractivity contribution in [3.05, 3.63) is 318 Å². The first kappa shape index (κ1) is 54.2.